The normalized spacial score (nSPS) is 22.9. The molecule has 1 rings (SSSR count). The van der Waals surface area contributed by atoms with Crippen LogP contribution in [0, 0.1) is 5.92 Å². The van der Waals surface area contributed by atoms with E-state index in [-0.39, 0.29) is 6.10 Å². The Bertz CT molecular complexity index is 323. The lowest BCUT2D eigenvalue weighted by molar-refractivity contribution is 0.136. The van der Waals surface area contributed by atoms with Crippen molar-refractivity contribution in [3.05, 3.63) is 0 Å². The van der Waals surface area contributed by atoms with Gasteiger partial charge in [-0.3, -0.25) is 9.89 Å². The average Bonchev–Trinajstić information content (AvgIpc) is 2.85. The van der Waals surface area contributed by atoms with Gasteiger partial charge in [0.1, 0.15) is 0 Å². The maximum atomic E-state index is 9.89. The zero-order chi connectivity index (χ0) is 16.5. The van der Waals surface area contributed by atoms with Gasteiger partial charge in [0.25, 0.3) is 0 Å². The molecule has 5 heteroatoms. The highest BCUT2D eigenvalue weighted by atomic mass is 16.3. The summed E-state index contributed by atoms with van der Waals surface area (Å²) in [6.45, 7) is 14.5. The number of rotatable bonds is 8. The first-order valence-electron chi connectivity index (χ1n) is 8.91. The molecule has 3 N–H and O–H groups in total. The van der Waals surface area contributed by atoms with E-state index in [9.17, 15) is 5.11 Å². The zero-order valence-corrected chi connectivity index (χ0v) is 15.1. The van der Waals surface area contributed by atoms with Crippen LogP contribution in [0.15, 0.2) is 4.99 Å². The highest BCUT2D eigenvalue weighted by Crippen LogP contribution is 2.25. The molecule has 1 aliphatic carbocycles. The number of hydrogen-bond acceptors (Lipinski definition) is 3. The van der Waals surface area contributed by atoms with Gasteiger partial charge >= 0.3 is 0 Å². The molecule has 1 fully saturated rings. The first-order chi connectivity index (χ1) is 10.5. The molecule has 0 spiro atoms. The molecule has 2 unspecified atom stereocenters. The largest absolute Gasteiger partial charge is 0.393 e. The maximum absolute atomic E-state index is 9.89. The standard InChI is InChI=1S/C17H36N4O/c1-6-18-17(20-12-15-8-7-9-16(15)22)19-10-11-21(13(2)3)14(4)5/h13-16,22H,6-12H2,1-5H3,(H2,18,19,20). The third kappa shape index (κ3) is 6.53. The van der Waals surface area contributed by atoms with E-state index in [1.807, 2.05) is 0 Å². The molecule has 0 radical (unpaired) electrons. The Balaban J connectivity index is 2.42. The predicted molar refractivity (Wildman–Crippen MR) is 94.3 cm³/mol. The van der Waals surface area contributed by atoms with Crippen LogP contribution in [0.3, 0.4) is 0 Å². The van der Waals surface area contributed by atoms with Crippen molar-refractivity contribution in [3.63, 3.8) is 0 Å². The lowest BCUT2D eigenvalue weighted by Crippen LogP contribution is -2.45. The first kappa shape index (κ1) is 19.2. The number of nitrogens with zero attached hydrogens (tertiary/aromatic N) is 2. The molecule has 0 aliphatic heterocycles. The molecule has 0 heterocycles. The Morgan fingerprint density at radius 3 is 2.36 bits per heavy atom. The van der Waals surface area contributed by atoms with Crippen molar-refractivity contribution in [1.29, 1.82) is 0 Å². The second-order valence-electron chi connectivity index (χ2n) is 6.83. The van der Waals surface area contributed by atoms with E-state index in [1.165, 1.54) is 0 Å². The third-order valence-electron chi connectivity index (χ3n) is 4.44. The van der Waals surface area contributed by atoms with Crippen molar-refractivity contribution in [2.24, 2.45) is 10.9 Å². The van der Waals surface area contributed by atoms with Gasteiger partial charge < -0.3 is 15.7 Å². The number of nitrogens with one attached hydrogen (secondary N) is 2. The van der Waals surface area contributed by atoms with Crippen LogP contribution in [0.25, 0.3) is 0 Å². The van der Waals surface area contributed by atoms with Crippen LogP contribution in [0.1, 0.15) is 53.9 Å². The van der Waals surface area contributed by atoms with Gasteiger partial charge in [-0.25, -0.2) is 0 Å². The van der Waals surface area contributed by atoms with Gasteiger partial charge in [0.05, 0.1) is 6.10 Å². The van der Waals surface area contributed by atoms with Crippen molar-refractivity contribution < 1.29 is 5.11 Å². The lowest BCUT2D eigenvalue weighted by Gasteiger charge is -2.30. The second-order valence-corrected chi connectivity index (χ2v) is 6.83. The second kappa shape index (κ2) is 10.1. The molecular formula is C17H36N4O. The van der Waals surface area contributed by atoms with E-state index in [4.69, 9.17) is 0 Å². The number of aliphatic hydroxyl groups is 1. The van der Waals surface area contributed by atoms with Gasteiger partial charge in [-0.15, -0.1) is 0 Å². The predicted octanol–water partition coefficient (Wildman–Crippen LogP) is 1.82. The number of aliphatic hydroxyl groups excluding tert-OH is 1. The fraction of sp³-hybridized carbons (Fsp3) is 0.941. The van der Waals surface area contributed by atoms with E-state index >= 15 is 0 Å². The summed E-state index contributed by atoms with van der Waals surface area (Å²) in [6.07, 6.45) is 2.99. The van der Waals surface area contributed by atoms with Crippen molar-refractivity contribution >= 4 is 5.96 Å². The molecule has 0 aromatic heterocycles. The highest BCUT2D eigenvalue weighted by molar-refractivity contribution is 5.79. The Kier molecular flexibility index (Phi) is 8.79. The number of aliphatic imine (C=N–C) groups is 1. The smallest absolute Gasteiger partial charge is 0.191 e. The van der Waals surface area contributed by atoms with E-state index in [2.05, 4.69) is 55.1 Å². The van der Waals surface area contributed by atoms with Crippen molar-refractivity contribution in [3.8, 4) is 0 Å². The van der Waals surface area contributed by atoms with Gasteiger partial charge in [0, 0.05) is 44.2 Å². The summed E-state index contributed by atoms with van der Waals surface area (Å²) < 4.78 is 0. The zero-order valence-electron chi connectivity index (χ0n) is 15.1. The van der Waals surface area contributed by atoms with Gasteiger partial charge in [0.15, 0.2) is 5.96 Å². The van der Waals surface area contributed by atoms with E-state index in [0.29, 0.717) is 24.5 Å². The van der Waals surface area contributed by atoms with Crippen molar-refractivity contribution in [2.45, 2.75) is 72.1 Å². The summed E-state index contributed by atoms with van der Waals surface area (Å²) in [5.74, 6) is 1.20. The molecule has 22 heavy (non-hydrogen) atoms. The SMILES string of the molecule is CCNC(=NCC1CCCC1O)NCCN(C(C)C)C(C)C. The van der Waals surface area contributed by atoms with Gasteiger partial charge in [-0.2, -0.15) is 0 Å². The van der Waals surface area contributed by atoms with Gasteiger partial charge in [0.2, 0.25) is 0 Å². The van der Waals surface area contributed by atoms with Crippen LogP contribution < -0.4 is 10.6 Å². The Morgan fingerprint density at radius 2 is 1.86 bits per heavy atom. The minimum atomic E-state index is -0.163. The Hall–Kier alpha value is -0.810. The molecule has 0 amide bonds. The Morgan fingerprint density at radius 1 is 1.18 bits per heavy atom. The number of hydrogen-bond donors (Lipinski definition) is 3. The lowest BCUT2D eigenvalue weighted by atomic mass is 10.1. The number of guanidine groups is 1. The molecule has 130 valence electrons. The van der Waals surface area contributed by atoms with Crippen molar-refractivity contribution in [2.75, 3.05) is 26.2 Å². The van der Waals surface area contributed by atoms with Crippen LogP contribution in [0.5, 0.6) is 0 Å². The van der Waals surface area contributed by atoms with Crippen LogP contribution in [-0.2, 0) is 0 Å². The minimum Gasteiger partial charge on any atom is -0.393 e. The molecule has 0 bridgehead atoms. The van der Waals surface area contributed by atoms with Gasteiger partial charge in [-0.1, -0.05) is 6.42 Å². The summed E-state index contributed by atoms with van der Waals surface area (Å²) in [7, 11) is 0. The minimum absolute atomic E-state index is 0.163. The maximum Gasteiger partial charge on any atom is 0.191 e. The first-order valence-corrected chi connectivity index (χ1v) is 8.91. The fourth-order valence-corrected chi connectivity index (χ4v) is 3.20. The molecular weight excluding hydrogens is 276 g/mol. The summed E-state index contributed by atoms with van der Waals surface area (Å²) in [4.78, 5) is 7.12. The monoisotopic (exact) mass is 312 g/mol. The van der Waals surface area contributed by atoms with Crippen LogP contribution in [0.2, 0.25) is 0 Å². The molecule has 5 nitrogen and oxygen atoms in total. The van der Waals surface area contributed by atoms with Crippen LogP contribution in [0.4, 0.5) is 0 Å². The topological polar surface area (TPSA) is 59.9 Å². The quantitative estimate of drug-likeness (QED) is 0.473. The highest BCUT2D eigenvalue weighted by Gasteiger charge is 2.24. The molecule has 0 aromatic carbocycles. The summed E-state index contributed by atoms with van der Waals surface area (Å²) in [6, 6.07) is 1.10. The van der Waals surface area contributed by atoms with E-state index < -0.39 is 0 Å². The van der Waals surface area contributed by atoms with Crippen LogP contribution >= 0.6 is 0 Å². The molecule has 0 aromatic rings. The van der Waals surface area contributed by atoms with Gasteiger partial charge in [-0.05, 0) is 47.5 Å². The fourth-order valence-electron chi connectivity index (χ4n) is 3.20. The third-order valence-corrected chi connectivity index (χ3v) is 4.44. The Labute approximate surface area is 136 Å². The summed E-state index contributed by atoms with van der Waals surface area (Å²) in [5.41, 5.74) is 0. The molecule has 1 saturated carbocycles. The molecule has 0 saturated heterocycles. The summed E-state index contributed by atoms with van der Waals surface area (Å²) >= 11 is 0. The van der Waals surface area contributed by atoms with E-state index in [0.717, 1.165) is 44.9 Å². The van der Waals surface area contributed by atoms with Crippen molar-refractivity contribution in [1.82, 2.24) is 15.5 Å². The summed E-state index contributed by atoms with van der Waals surface area (Å²) in [5, 5.41) is 16.6. The molecule has 2 atom stereocenters. The molecule has 1 aliphatic rings. The average molecular weight is 313 g/mol. The van der Waals surface area contributed by atoms with Crippen LogP contribution in [-0.4, -0.2) is 60.3 Å². The van der Waals surface area contributed by atoms with E-state index in [1.54, 1.807) is 0 Å².